The third kappa shape index (κ3) is 3.25. The third-order valence-corrected chi connectivity index (χ3v) is 4.46. The van der Waals surface area contributed by atoms with Crippen molar-refractivity contribution in [2.75, 3.05) is 12.1 Å². The molecule has 4 saturated carbocycles. The summed E-state index contributed by atoms with van der Waals surface area (Å²) in [7, 11) is 0. The third-order valence-electron chi connectivity index (χ3n) is 4.15. The summed E-state index contributed by atoms with van der Waals surface area (Å²) in [6, 6.07) is 0.368. The fourth-order valence-corrected chi connectivity index (χ4v) is 4.25. The van der Waals surface area contributed by atoms with E-state index in [-0.39, 0.29) is 12.1 Å². The fraction of sp³-hybridized carbons (Fsp3) is 1.00. The van der Waals surface area contributed by atoms with Crippen LogP contribution in [-0.4, -0.2) is 12.1 Å². The molecule has 88 valence electrons. The topological polar surface area (TPSA) is 9.23 Å². The van der Waals surface area contributed by atoms with Crippen LogP contribution in [0.25, 0.3) is 0 Å². The number of halogens is 2. The van der Waals surface area contributed by atoms with E-state index in [0.29, 0.717) is 0 Å². The lowest BCUT2D eigenvalue weighted by atomic mass is 9.56. The zero-order valence-corrected chi connectivity index (χ0v) is 10.6. The van der Waals surface area contributed by atoms with Crippen LogP contribution in [0.3, 0.4) is 0 Å². The molecule has 0 radical (unpaired) electrons. The van der Waals surface area contributed by atoms with Crippen LogP contribution in [-0.2, 0) is 4.74 Å². The predicted molar refractivity (Wildman–Crippen MR) is 64.2 cm³/mol. The normalized spacial score (nSPS) is 41.2. The highest BCUT2D eigenvalue weighted by Gasteiger charge is 2.41. The molecule has 0 atom stereocenters. The van der Waals surface area contributed by atoms with Crippen molar-refractivity contribution in [1.29, 1.82) is 0 Å². The number of rotatable bonds is 2. The van der Waals surface area contributed by atoms with Gasteiger partial charge in [0.05, 0.1) is 0 Å². The Morgan fingerprint density at radius 3 is 1.07 bits per heavy atom. The van der Waals surface area contributed by atoms with Gasteiger partial charge in [0.2, 0.25) is 0 Å². The largest absolute Gasteiger partial charge is 0.350 e. The second-order valence-corrected chi connectivity index (χ2v) is 5.74. The smallest absolute Gasteiger partial charge is 0.122 e. The first kappa shape index (κ1) is 12.0. The summed E-state index contributed by atoms with van der Waals surface area (Å²) in [5, 5.41) is 0. The van der Waals surface area contributed by atoms with Gasteiger partial charge in [-0.15, -0.1) is 0 Å². The van der Waals surface area contributed by atoms with Gasteiger partial charge in [0.15, 0.2) is 0 Å². The maximum absolute atomic E-state index is 4.99. The highest BCUT2D eigenvalue weighted by atomic mass is 35.5. The van der Waals surface area contributed by atoms with Gasteiger partial charge in [0.25, 0.3) is 0 Å². The molecule has 0 spiro atoms. The number of ether oxygens (including phenoxy) is 1. The van der Waals surface area contributed by atoms with Crippen LogP contribution in [0, 0.1) is 23.7 Å². The summed E-state index contributed by atoms with van der Waals surface area (Å²) in [5.74, 6) is 4.71. The van der Waals surface area contributed by atoms with Gasteiger partial charge < -0.3 is 4.74 Å². The van der Waals surface area contributed by atoms with E-state index < -0.39 is 0 Å². The molecule has 15 heavy (non-hydrogen) atoms. The first-order valence-electron chi connectivity index (χ1n) is 6.01. The van der Waals surface area contributed by atoms with E-state index in [1.807, 2.05) is 0 Å². The van der Waals surface area contributed by atoms with E-state index in [9.17, 15) is 0 Å². The second kappa shape index (κ2) is 5.75. The maximum atomic E-state index is 4.99. The van der Waals surface area contributed by atoms with E-state index in [4.69, 9.17) is 23.2 Å². The van der Waals surface area contributed by atoms with Crippen LogP contribution in [0.5, 0.6) is 0 Å². The molecule has 0 unspecified atom stereocenters. The zero-order chi connectivity index (χ0) is 10.7. The molecule has 0 N–H and O–H groups in total. The van der Waals surface area contributed by atoms with Crippen molar-refractivity contribution in [3.05, 3.63) is 0 Å². The van der Waals surface area contributed by atoms with Gasteiger partial charge in [-0.05, 0) is 62.2 Å². The van der Waals surface area contributed by atoms with Crippen molar-refractivity contribution in [2.45, 2.75) is 38.5 Å². The Bertz CT molecular complexity index is 138. The van der Waals surface area contributed by atoms with Crippen molar-refractivity contribution in [2.24, 2.45) is 23.7 Å². The molecule has 4 aliphatic rings. The van der Waals surface area contributed by atoms with E-state index in [1.165, 1.54) is 23.7 Å². The molecule has 0 aromatic rings. The van der Waals surface area contributed by atoms with Crippen molar-refractivity contribution < 1.29 is 4.74 Å². The number of hydrogen-bond acceptors (Lipinski definition) is 1. The quantitative estimate of drug-likeness (QED) is 0.667. The Morgan fingerprint density at radius 2 is 0.933 bits per heavy atom. The molecule has 4 fully saturated rings. The molecule has 4 bridgehead atoms. The summed E-state index contributed by atoms with van der Waals surface area (Å²) in [4.78, 5) is 0. The molecule has 0 saturated heterocycles. The molecule has 1 nitrogen and oxygen atoms in total. The van der Waals surface area contributed by atoms with Crippen LogP contribution in [0.15, 0.2) is 0 Å². The molecule has 0 heterocycles. The maximum Gasteiger partial charge on any atom is 0.122 e. The van der Waals surface area contributed by atoms with E-state index in [2.05, 4.69) is 4.74 Å². The van der Waals surface area contributed by atoms with Gasteiger partial charge in [-0.1, -0.05) is 23.2 Å². The summed E-state index contributed by atoms with van der Waals surface area (Å²) < 4.78 is 4.36. The monoisotopic (exact) mass is 250 g/mol. The molecule has 0 aromatic heterocycles. The minimum absolute atomic E-state index is 0.184. The average molecular weight is 251 g/mol. The molecular formula is C12H20Cl2O. The van der Waals surface area contributed by atoms with Crippen LogP contribution in [0.2, 0.25) is 0 Å². The van der Waals surface area contributed by atoms with Gasteiger partial charge >= 0.3 is 0 Å². The fourth-order valence-electron chi connectivity index (χ4n) is 4.01. The summed E-state index contributed by atoms with van der Waals surface area (Å²) in [5.41, 5.74) is 0. The Balaban J connectivity index is 0.000000149. The second-order valence-electron chi connectivity index (χ2n) is 5.30. The lowest BCUT2D eigenvalue weighted by Crippen LogP contribution is -2.38. The number of alkyl halides is 2. The highest BCUT2D eigenvalue weighted by Crippen LogP contribution is 2.53. The molecule has 3 heteroatoms. The molecule has 0 aromatic carbocycles. The predicted octanol–water partition coefficient (Wildman–Crippen LogP) is 4.23. The minimum Gasteiger partial charge on any atom is -0.350 e. The highest BCUT2D eigenvalue weighted by molar-refractivity contribution is 6.18. The Labute approximate surface area is 102 Å². The van der Waals surface area contributed by atoms with E-state index in [1.54, 1.807) is 38.5 Å². The molecule has 0 amide bonds. The van der Waals surface area contributed by atoms with Crippen LogP contribution < -0.4 is 0 Å². The first-order chi connectivity index (χ1) is 7.31. The molecule has 0 aliphatic heterocycles. The summed E-state index contributed by atoms with van der Waals surface area (Å²) in [6.45, 7) is 0. The van der Waals surface area contributed by atoms with Gasteiger partial charge in [-0.3, -0.25) is 0 Å². The lowest BCUT2D eigenvalue weighted by Gasteiger charge is -2.49. The Morgan fingerprint density at radius 1 is 0.667 bits per heavy atom. The standard InChI is InChI=1S/C10H16.C2H4Cl2O/c1-7-2-9-4-8(1)5-10(3-7)6-9;3-1-5-2-4/h7-10H,1-6H2;1-2H2. The SMILES string of the molecule is C1C2CC3CC1CC(C2)C3.ClCOCCl. The number of hydrogen-bond donors (Lipinski definition) is 0. The van der Waals surface area contributed by atoms with Gasteiger partial charge in [-0.2, -0.15) is 0 Å². The minimum atomic E-state index is 0.184. The van der Waals surface area contributed by atoms with Gasteiger partial charge in [0.1, 0.15) is 12.1 Å². The van der Waals surface area contributed by atoms with Crippen molar-refractivity contribution >= 4 is 23.2 Å². The molecule has 4 aliphatic carbocycles. The first-order valence-corrected chi connectivity index (χ1v) is 7.08. The summed E-state index contributed by atoms with van der Waals surface area (Å²) in [6.07, 6.45) is 9.62. The average Bonchev–Trinajstić information content (AvgIpc) is 2.17. The van der Waals surface area contributed by atoms with Crippen molar-refractivity contribution in [1.82, 2.24) is 0 Å². The van der Waals surface area contributed by atoms with E-state index >= 15 is 0 Å². The van der Waals surface area contributed by atoms with Gasteiger partial charge in [-0.25, -0.2) is 0 Å². The van der Waals surface area contributed by atoms with E-state index in [0.717, 1.165) is 0 Å². The van der Waals surface area contributed by atoms with Crippen molar-refractivity contribution in [3.8, 4) is 0 Å². The van der Waals surface area contributed by atoms with Crippen LogP contribution in [0.4, 0.5) is 0 Å². The zero-order valence-electron chi connectivity index (χ0n) is 9.13. The van der Waals surface area contributed by atoms with Crippen LogP contribution >= 0.6 is 23.2 Å². The van der Waals surface area contributed by atoms with Gasteiger partial charge in [0, 0.05) is 0 Å². The molecule has 4 rings (SSSR count). The molecular weight excluding hydrogens is 231 g/mol. The Kier molecular flexibility index (Phi) is 4.60. The summed E-state index contributed by atoms with van der Waals surface area (Å²) >= 11 is 9.99. The lowest BCUT2D eigenvalue weighted by molar-refractivity contribution is 0.0198. The van der Waals surface area contributed by atoms with Crippen LogP contribution in [0.1, 0.15) is 38.5 Å². The Hall–Kier alpha value is 0.540. The van der Waals surface area contributed by atoms with Crippen molar-refractivity contribution in [3.63, 3.8) is 0 Å².